The lowest BCUT2D eigenvalue weighted by Gasteiger charge is -2.46. The van der Waals surface area contributed by atoms with Crippen LogP contribution in [0.3, 0.4) is 0 Å². The quantitative estimate of drug-likeness (QED) is 0.102. The summed E-state index contributed by atoms with van der Waals surface area (Å²) in [7, 11) is 1.79. The van der Waals surface area contributed by atoms with Gasteiger partial charge in [-0.3, -0.25) is 4.79 Å². The Hall–Kier alpha value is -1.07. The highest BCUT2D eigenvalue weighted by molar-refractivity contribution is 5.38. The molecule has 7 atom stereocenters. The number of hydrogen-bond donors (Lipinski definition) is 1. The summed E-state index contributed by atoms with van der Waals surface area (Å²) in [5.74, 6) is 0. The third-order valence-electron chi connectivity index (χ3n) is 6.59. The molecule has 224 valence electrons. The van der Waals surface area contributed by atoms with Gasteiger partial charge in [-0.2, -0.15) is 0 Å². The summed E-state index contributed by atoms with van der Waals surface area (Å²) in [6.45, 7) is 15.8. The summed E-state index contributed by atoms with van der Waals surface area (Å²) in [6.07, 6.45) is 6.68. The molecule has 0 aromatic heterocycles. The standard InChI is InChI=1S/C29H55NO8/c1-7-12-16-32-21-25-26(33-17-13-8-2)27(34-18-14-9-3)28(35-19-15-10-4)29(38-25)36-20-23(30-6)24(11-5)37-22-31/h11,22-30H,5,7-10,12-21H2,1-4,6H3/t23-,24-,25?,26-,27?,28?,29-/m0/s1. The van der Waals surface area contributed by atoms with Gasteiger partial charge in [-0.25, -0.2) is 0 Å². The van der Waals surface area contributed by atoms with E-state index in [0.717, 1.165) is 51.4 Å². The molecule has 1 N–H and O–H groups in total. The number of likely N-dealkylation sites (N-methyl/N-ethyl adjacent to an activating group) is 1. The molecule has 1 fully saturated rings. The van der Waals surface area contributed by atoms with Crippen LogP contribution in [0.15, 0.2) is 12.7 Å². The predicted molar refractivity (Wildman–Crippen MR) is 148 cm³/mol. The van der Waals surface area contributed by atoms with Crippen molar-refractivity contribution in [1.29, 1.82) is 0 Å². The molecule has 0 bridgehead atoms. The highest BCUT2D eigenvalue weighted by Gasteiger charge is 2.49. The van der Waals surface area contributed by atoms with Crippen LogP contribution >= 0.6 is 0 Å². The zero-order valence-electron chi connectivity index (χ0n) is 24.6. The predicted octanol–water partition coefficient (Wildman–Crippen LogP) is 4.42. The molecule has 38 heavy (non-hydrogen) atoms. The fraction of sp³-hybridized carbons (Fsp3) is 0.897. The molecule has 3 unspecified atom stereocenters. The van der Waals surface area contributed by atoms with Crippen LogP contribution in [0.4, 0.5) is 0 Å². The Kier molecular flexibility index (Phi) is 20.9. The van der Waals surface area contributed by atoms with Crippen molar-refractivity contribution in [3.8, 4) is 0 Å². The smallest absolute Gasteiger partial charge is 0.293 e. The van der Waals surface area contributed by atoms with Crippen molar-refractivity contribution in [2.24, 2.45) is 0 Å². The number of hydrogen-bond acceptors (Lipinski definition) is 9. The van der Waals surface area contributed by atoms with E-state index in [1.807, 2.05) is 0 Å². The molecule has 0 amide bonds. The topological polar surface area (TPSA) is 93.7 Å². The van der Waals surface area contributed by atoms with Crippen molar-refractivity contribution in [3.05, 3.63) is 12.7 Å². The van der Waals surface area contributed by atoms with E-state index in [-0.39, 0.29) is 31.0 Å². The van der Waals surface area contributed by atoms with Crippen molar-refractivity contribution in [3.63, 3.8) is 0 Å². The Morgan fingerprint density at radius 3 is 1.89 bits per heavy atom. The number of rotatable bonds is 25. The van der Waals surface area contributed by atoms with E-state index in [4.69, 9.17) is 33.2 Å². The number of carbonyl (C=O) groups is 1. The molecule has 0 saturated carbocycles. The largest absolute Gasteiger partial charge is 0.459 e. The molecule has 1 rings (SSSR count). The second-order valence-electron chi connectivity index (χ2n) is 9.70. The van der Waals surface area contributed by atoms with Gasteiger partial charge in [0.25, 0.3) is 6.47 Å². The summed E-state index contributed by atoms with van der Waals surface area (Å²) in [4.78, 5) is 11.0. The SMILES string of the molecule is C=C[C@H](OC=O)[C@H](CO[C@H]1OC(COCCCC)[C@H](OCCCC)C(OCCCC)C1OCCCC)NC. The van der Waals surface area contributed by atoms with Gasteiger partial charge in [0.2, 0.25) is 0 Å². The lowest BCUT2D eigenvalue weighted by molar-refractivity contribution is -0.325. The maximum atomic E-state index is 11.0. The molecule has 1 aliphatic heterocycles. The molecule has 0 spiro atoms. The third kappa shape index (κ3) is 12.9. The van der Waals surface area contributed by atoms with Gasteiger partial charge in [0.1, 0.15) is 30.5 Å². The fourth-order valence-electron chi connectivity index (χ4n) is 4.17. The van der Waals surface area contributed by atoms with E-state index in [9.17, 15) is 4.79 Å². The summed E-state index contributed by atoms with van der Waals surface area (Å²) < 4.78 is 43.3. The van der Waals surface area contributed by atoms with Crippen LogP contribution in [-0.2, 0) is 38.0 Å². The van der Waals surface area contributed by atoms with Crippen LogP contribution in [-0.4, -0.2) is 96.0 Å². The van der Waals surface area contributed by atoms with E-state index in [1.54, 1.807) is 13.1 Å². The molecule has 0 aromatic rings. The lowest BCUT2D eigenvalue weighted by atomic mass is 9.98. The molecule has 9 heteroatoms. The molecule has 0 aromatic carbocycles. The molecular weight excluding hydrogens is 490 g/mol. The van der Waals surface area contributed by atoms with Gasteiger partial charge in [0.15, 0.2) is 6.29 Å². The average molecular weight is 546 g/mol. The Balaban J connectivity index is 3.21. The number of nitrogens with one attached hydrogen (secondary N) is 1. The van der Waals surface area contributed by atoms with Gasteiger partial charge in [-0.15, -0.1) is 0 Å². The van der Waals surface area contributed by atoms with Crippen molar-refractivity contribution < 1.29 is 38.0 Å². The molecule has 0 aliphatic carbocycles. The van der Waals surface area contributed by atoms with E-state index in [0.29, 0.717) is 39.5 Å². The van der Waals surface area contributed by atoms with Crippen LogP contribution < -0.4 is 5.32 Å². The highest BCUT2D eigenvalue weighted by Crippen LogP contribution is 2.30. The third-order valence-corrected chi connectivity index (χ3v) is 6.59. The zero-order chi connectivity index (χ0) is 28.0. The first-order chi connectivity index (χ1) is 18.6. The van der Waals surface area contributed by atoms with Gasteiger partial charge >= 0.3 is 0 Å². The van der Waals surface area contributed by atoms with E-state index >= 15 is 0 Å². The van der Waals surface area contributed by atoms with Gasteiger partial charge < -0.3 is 38.5 Å². The molecule has 1 saturated heterocycles. The lowest BCUT2D eigenvalue weighted by Crippen LogP contribution is -2.62. The molecule has 1 heterocycles. The zero-order valence-corrected chi connectivity index (χ0v) is 24.6. The van der Waals surface area contributed by atoms with Crippen LogP contribution in [0.25, 0.3) is 0 Å². The Morgan fingerprint density at radius 2 is 1.37 bits per heavy atom. The summed E-state index contributed by atoms with van der Waals surface area (Å²) in [6, 6.07) is -0.310. The normalized spacial score (nSPS) is 25.1. The van der Waals surface area contributed by atoms with E-state index in [2.05, 4.69) is 39.6 Å². The van der Waals surface area contributed by atoms with Gasteiger partial charge in [0, 0.05) is 26.4 Å². The Bertz CT molecular complexity index is 581. The fourth-order valence-corrected chi connectivity index (χ4v) is 4.17. The average Bonchev–Trinajstić information content (AvgIpc) is 2.93. The summed E-state index contributed by atoms with van der Waals surface area (Å²) in [5.41, 5.74) is 0. The molecule has 9 nitrogen and oxygen atoms in total. The second kappa shape index (κ2) is 22.7. The van der Waals surface area contributed by atoms with Crippen molar-refractivity contribution in [2.45, 2.75) is 122 Å². The first-order valence-electron chi connectivity index (χ1n) is 14.7. The van der Waals surface area contributed by atoms with Crippen LogP contribution in [0.5, 0.6) is 0 Å². The maximum absolute atomic E-state index is 11.0. The summed E-state index contributed by atoms with van der Waals surface area (Å²) >= 11 is 0. The molecule has 0 radical (unpaired) electrons. The van der Waals surface area contributed by atoms with Gasteiger partial charge in [0.05, 0.1) is 19.3 Å². The van der Waals surface area contributed by atoms with Crippen LogP contribution in [0.2, 0.25) is 0 Å². The van der Waals surface area contributed by atoms with Crippen molar-refractivity contribution in [1.82, 2.24) is 5.32 Å². The van der Waals surface area contributed by atoms with Gasteiger partial charge in [-0.1, -0.05) is 60.0 Å². The Morgan fingerprint density at radius 1 is 0.816 bits per heavy atom. The number of carbonyl (C=O) groups excluding carboxylic acids is 1. The first kappa shape index (κ1) is 35.0. The first-order valence-corrected chi connectivity index (χ1v) is 14.7. The Labute approximate surface area is 231 Å². The molecular formula is C29H55NO8. The number of ether oxygens (including phenoxy) is 7. The minimum absolute atomic E-state index is 0.214. The maximum Gasteiger partial charge on any atom is 0.293 e. The van der Waals surface area contributed by atoms with Crippen LogP contribution in [0, 0.1) is 0 Å². The summed E-state index contributed by atoms with van der Waals surface area (Å²) in [5, 5.41) is 3.14. The minimum atomic E-state index is -0.707. The van der Waals surface area contributed by atoms with Crippen molar-refractivity contribution in [2.75, 3.05) is 46.7 Å². The molecule has 1 aliphatic rings. The monoisotopic (exact) mass is 545 g/mol. The minimum Gasteiger partial charge on any atom is -0.459 e. The highest BCUT2D eigenvalue weighted by atomic mass is 16.7. The van der Waals surface area contributed by atoms with Crippen LogP contribution in [0.1, 0.15) is 79.1 Å². The van der Waals surface area contributed by atoms with E-state index in [1.165, 1.54) is 0 Å². The van der Waals surface area contributed by atoms with Crippen molar-refractivity contribution >= 4 is 6.47 Å². The second-order valence-corrected chi connectivity index (χ2v) is 9.70. The van der Waals surface area contributed by atoms with E-state index < -0.39 is 18.5 Å². The van der Waals surface area contributed by atoms with Gasteiger partial charge in [-0.05, 0) is 38.8 Å². The number of unbranched alkanes of at least 4 members (excludes halogenated alkanes) is 4.